The van der Waals surface area contributed by atoms with E-state index in [1.165, 1.54) is 0 Å². The molecule has 0 radical (unpaired) electrons. The maximum atomic E-state index is 11.6. The quantitative estimate of drug-likeness (QED) is 0.903. The van der Waals surface area contributed by atoms with E-state index in [4.69, 9.17) is 9.47 Å². The van der Waals surface area contributed by atoms with Gasteiger partial charge in [-0.3, -0.25) is 0 Å². The Morgan fingerprint density at radius 1 is 1.35 bits per heavy atom. The summed E-state index contributed by atoms with van der Waals surface area (Å²) in [4.78, 5) is 11.6. The van der Waals surface area contributed by atoms with Crippen LogP contribution in [0.5, 0.6) is 5.75 Å². The van der Waals surface area contributed by atoms with Crippen LogP contribution in [0.15, 0.2) is 16.6 Å². The molecular weight excluding hydrogens is 322 g/mol. The summed E-state index contributed by atoms with van der Waals surface area (Å²) in [6.07, 6.45) is 0.317. The van der Waals surface area contributed by atoms with Crippen molar-refractivity contribution in [2.45, 2.75) is 39.7 Å². The number of rotatable bonds is 4. The molecule has 0 bridgehead atoms. The van der Waals surface area contributed by atoms with Crippen LogP contribution in [0.4, 0.5) is 4.79 Å². The van der Waals surface area contributed by atoms with Crippen molar-refractivity contribution < 1.29 is 14.3 Å². The first-order valence-electron chi connectivity index (χ1n) is 6.53. The summed E-state index contributed by atoms with van der Waals surface area (Å²) < 4.78 is 11.5. The van der Waals surface area contributed by atoms with Crippen LogP contribution in [0, 0.1) is 6.92 Å². The number of hydrogen-bond acceptors (Lipinski definition) is 3. The Labute approximate surface area is 129 Å². The highest BCUT2D eigenvalue weighted by atomic mass is 79.9. The smallest absolute Gasteiger partial charge is 0.407 e. The van der Waals surface area contributed by atoms with E-state index in [0.717, 1.165) is 21.3 Å². The summed E-state index contributed by atoms with van der Waals surface area (Å²) in [6, 6.07) is 3.87. The zero-order valence-electron chi connectivity index (χ0n) is 12.7. The maximum absolute atomic E-state index is 11.6. The topological polar surface area (TPSA) is 47.6 Å². The van der Waals surface area contributed by atoms with Gasteiger partial charge in [0.25, 0.3) is 0 Å². The van der Waals surface area contributed by atoms with Gasteiger partial charge in [0, 0.05) is 11.0 Å². The molecular formula is C15H22BrNO3. The molecule has 0 aliphatic heterocycles. The number of carbonyl (C=O) groups is 1. The third-order valence-corrected chi connectivity index (χ3v) is 3.50. The Bertz CT molecular complexity index is 481. The van der Waals surface area contributed by atoms with Crippen LogP contribution in [0.2, 0.25) is 0 Å². The Kier molecular flexibility index (Phi) is 5.87. The molecule has 4 nitrogen and oxygen atoms in total. The van der Waals surface area contributed by atoms with Crippen LogP contribution in [-0.4, -0.2) is 25.3 Å². The molecule has 0 aromatic heterocycles. The molecule has 0 spiro atoms. The van der Waals surface area contributed by atoms with E-state index < -0.39 is 11.7 Å². The fourth-order valence-electron chi connectivity index (χ4n) is 1.83. The number of methoxy groups -OCH3 is 1. The highest BCUT2D eigenvalue weighted by molar-refractivity contribution is 9.10. The molecule has 20 heavy (non-hydrogen) atoms. The molecule has 5 heteroatoms. The molecule has 0 saturated heterocycles. The van der Waals surface area contributed by atoms with Crippen molar-refractivity contribution in [3.8, 4) is 5.75 Å². The second kappa shape index (κ2) is 6.97. The van der Waals surface area contributed by atoms with Crippen LogP contribution < -0.4 is 10.1 Å². The van der Waals surface area contributed by atoms with Crippen LogP contribution in [0.25, 0.3) is 0 Å². The Morgan fingerprint density at radius 2 is 2.00 bits per heavy atom. The lowest BCUT2D eigenvalue weighted by molar-refractivity contribution is 0.0528. The van der Waals surface area contributed by atoms with Gasteiger partial charge in [-0.2, -0.15) is 0 Å². The van der Waals surface area contributed by atoms with E-state index in [1.54, 1.807) is 7.11 Å². The minimum absolute atomic E-state index is 0.394. The fourth-order valence-corrected chi connectivity index (χ4v) is 2.46. The highest BCUT2D eigenvalue weighted by Crippen LogP contribution is 2.28. The predicted octanol–water partition coefficient (Wildman–Crippen LogP) is 3.83. The molecule has 0 heterocycles. The van der Waals surface area contributed by atoms with Gasteiger partial charge in [0.1, 0.15) is 11.4 Å². The van der Waals surface area contributed by atoms with Gasteiger partial charge in [-0.25, -0.2) is 4.79 Å². The van der Waals surface area contributed by atoms with Gasteiger partial charge in [-0.1, -0.05) is 15.9 Å². The van der Waals surface area contributed by atoms with E-state index in [0.29, 0.717) is 13.0 Å². The largest absolute Gasteiger partial charge is 0.496 e. The van der Waals surface area contributed by atoms with E-state index in [2.05, 4.69) is 21.2 Å². The lowest BCUT2D eigenvalue weighted by Crippen LogP contribution is -2.33. The van der Waals surface area contributed by atoms with Gasteiger partial charge in [-0.15, -0.1) is 0 Å². The van der Waals surface area contributed by atoms with Crippen molar-refractivity contribution >= 4 is 22.0 Å². The van der Waals surface area contributed by atoms with E-state index in [-0.39, 0.29) is 0 Å². The average Bonchev–Trinajstić information content (AvgIpc) is 2.31. The van der Waals surface area contributed by atoms with Gasteiger partial charge in [0.15, 0.2) is 0 Å². The summed E-state index contributed by atoms with van der Waals surface area (Å²) in [5.41, 5.74) is 1.73. The molecule has 0 aliphatic carbocycles. The summed E-state index contributed by atoms with van der Waals surface area (Å²) >= 11 is 3.53. The zero-order valence-corrected chi connectivity index (χ0v) is 14.3. The highest BCUT2D eigenvalue weighted by Gasteiger charge is 2.16. The van der Waals surface area contributed by atoms with Crippen LogP contribution in [0.1, 0.15) is 31.9 Å². The molecule has 1 rings (SSSR count). The lowest BCUT2D eigenvalue weighted by atomic mass is 10.0. The number of amides is 1. The third kappa shape index (κ3) is 5.04. The normalized spacial score (nSPS) is 11.1. The number of benzene rings is 1. The van der Waals surface area contributed by atoms with Crippen molar-refractivity contribution in [3.05, 3.63) is 27.7 Å². The zero-order chi connectivity index (χ0) is 15.3. The van der Waals surface area contributed by atoms with Crippen LogP contribution >= 0.6 is 15.9 Å². The summed E-state index contributed by atoms with van der Waals surface area (Å²) in [5, 5.41) is 2.76. The van der Waals surface area contributed by atoms with Gasteiger partial charge in [0.05, 0.1) is 7.11 Å². The van der Waals surface area contributed by atoms with Gasteiger partial charge in [0.2, 0.25) is 0 Å². The third-order valence-electron chi connectivity index (χ3n) is 2.75. The summed E-state index contributed by atoms with van der Waals surface area (Å²) in [7, 11) is 1.65. The monoisotopic (exact) mass is 343 g/mol. The molecule has 0 unspecified atom stereocenters. The van der Waals surface area contributed by atoms with Crippen molar-refractivity contribution in [2.24, 2.45) is 0 Å². The molecule has 1 amide bonds. The van der Waals surface area contributed by atoms with Crippen LogP contribution in [0.3, 0.4) is 0 Å². The Balaban J connectivity index is 2.61. The molecule has 0 atom stereocenters. The number of alkyl carbamates (subject to hydrolysis) is 1. The summed E-state index contributed by atoms with van der Waals surface area (Å²) in [6.45, 7) is 8.05. The standard InChI is InChI=1S/C15H22BrNO3/c1-10-11(12(16)6-7-13(10)19-5)8-9-17-14(18)20-15(2,3)4/h6-7H,8-9H2,1-5H3,(H,17,18). The molecule has 0 fully saturated rings. The minimum Gasteiger partial charge on any atom is -0.496 e. The molecule has 1 aromatic carbocycles. The second-order valence-corrected chi connectivity index (χ2v) is 6.39. The Morgan fingerprint density at radius 3 is 2.55 bits per heavy atom. The van der Waals surface area contributed by atoms with Crippen molar-refractivity contribution in [3.63, 3.8) is 0 Å². The number of halogens is 1. The molecule has 1 aromatic rings. The first-order valence-corrected chi connectivity index (χ1v) is 7.32. The second-order valence-electron chi connectivity index (χ2n) is 5.53. The summed E-state index contributed by atoms with van der Waals surface area (Å²) in [5.74, 6) is 0.848. The van der Waals surface area contributed by atoms with Crippen LogP contribution in [-0.2, 0) is 11.2 Å². The number of nitrogens with one attached hydrogen (secondary N) is 1. The first kappa shape index (κ1) is 16.8. The average molecular weight is 344 g/mol. The minimum atomic E-state index is -0.476. The lowest BCUT2D eigenvalue weighted by Gasteiger charge is -2.20. The van der Waals surface area contributed by atoms with Crippen molar-refractivity contribution in [1.82, 2.24) is 5.32 Å². The SMILES string of the molecule is COc1ccc(Br)c(CCNC(=O)OC(C)(C)C)c1C. The van der Waals surface area contributed by atoms with E-state index in [1.807, 2.05) is 39.8 Å². The molecule has 0 aliphatic rings. The number of ether oxygens (including phenoxy) is 2. The molecule has 1 N–H and O–H groups in total. The van der Waals surface area contributed by atoms with Gasteiger partial charge in [-0.05, 0) is 57.4 Å². The fraction of sp³-hybridized carbons (Fsp3) is 0.533. The van der Waals surface area contributed by atoms with Crippen molar-refractivity contribution in [2.75, 3.05) is 13.7 Å². The molecule has 0 saturated carbocycles. The predicted molar refractivity (Wildman–Crippen MR) is 83.4 cm³/mol. The molecule has 112 valence electrons. The van der Waals surface area contributed by atoms with Gasteiger partial charge < -0.3 is 14.8 Å². The maximum Gasteiger partial charge on any atom is 0.407 e. The van der Waals surface area contributed by atoms with Gasteiger partial charge >= 0.3 is 6.09 Å². The Hall–Kier alpha value is -1.23. The van der Waals surface area contributed by atoms with E-state index in [9.17, 15) is 4.79 Å². The number of hydrogen-bond donors (Lipinski definition) is 1. The number of carbonyl (C=O) groups excluding carboxylic acids is 1. The van der Waals surface area contributed by atoms with E-state index >= 15 is 0 Å². The first-order chi connectivity index (χ1) is 9.24. The van der Waals surface area contributed by atoms with Crippen molar-refractivity contribution in [1.29, 1.82) is 0 Å².